The Labute approximate surface area is 132 Å². The number of rotatable bonds is 3. The third-order valence-electron chi connectivity index (χ3n) is 2.54. The molecule has 0 saturated heterocycles. The zero-order chi connectivity index (χ0) is 14.0. The lowest BCUT2D eigenvalue weighted by Gasteiger charge is -2.05. The van der Waals surface area contributed by atoms with E-state index in [1.807, 2.05) is 0 Å². The Morgan fingerprint density at radius 1 is 1.11 bits per heavy atom. The second kappa shape index (κ2) is 6.16. The van der Waals surface area contributed by atoms with Gasteiger partial charge in [0, 0.05) is 26.0 Å². The van der Waals surface area contributed by atoms with E-state index in [0.29, 0.717) is 16.1 Å². The highest BCUT2D eigenvalue weighted by Crippen LogP contribution is 2.22. The van der Waals surface area contributed by atoms with Gasteiger partial charge < -0.3 is 0 Å². The average molecular weight is 406 g/mol. The van der Waals surface area contributed by atoms with E-state index in [-0.39, 0.29) is 12.2 Å². The van der Waals surface area contributed by atoms with Crippen molar-refractivity contribution >= 4 is 49.2 Å². The fourth-order valence-electron chi connectivity index (χ4n) is 1.67. The molecule has 0 aromatic heterocycles. The van der Waals surface area contributed by atoms with Gasteiger partial charge in [-0.05, 0) is 42.0 Å². The Morgan fingerprint density at radius 2 is 1.84 bits per heavy atom. The number of hydrogen-bond acceptors (Lipinski definition) is 1. The van der Waals surface area contributed by atoms with Crippen LogP contribution in [0.15, 0.2) is 45.3 Å². The normalized spacial score (nSPS) is 10.5. The molecule has 2 rings (SSSR count). The summed E-state index contributed by atoms with van der Waals surface area (Å²) in [7, 11) is 0. The Morgan fingerprint density at radius 3 is 2.53 bits per heavy atom. The topological polar surface area (TPSA) is 17.1 Å². The van der Waals surface area contributed by atoms with Crippen LogP contribution >= 0.6 is 43.5 Å². The molecule has 0 fully saturated rings. The summed E-state index contributed by atoms with van der Waals surface area (Å²) in [5, 5.41) is 0.465. The molecule has 2 aromatic rings. The standard InChI is InChI=1S/C14H8Br2ClFO/c15-10-1-2-13(18)8(3-10)6-14(19)9-4-11(16)7-12(17)5-9/h1-5,7H,6H2. The lowest BCUT2D eigenvalue weighted by atomic mass is 10.0. The van der Waals surface area contributed by atoms with E-state index >= 15 is 0 Å². The molecule has 0 aliphatic heterocycles. The van der Waals surface area contributed by atoms with Gasteiger partial charge in [-0.15, -0.1) is 0 Å². The molecule has 0 heterocycles. The summed E-state index contributed by atoms with van der Waals surface area (Å²) in [5.41, 5.74) is 0.814. The van der Waals surface area contributed by atoms with Crippen molar-refractivity contribution in [3.63, 3.8) is 0 Å². The van der Waals surface area contributed by atoms with Crippen LogP contribution in [0, 0.1) is 5.82 Å². The Kier molecular flexibility index (Phi) is 4.76. The number of ketones is 1. The van der Waals surface area contributed by atoms with Gasteiger partial charge >= 0.3 is 0 Å². The number of carbonyl (C=O) groups excluding carboxylic acids is 1. The monoisotopic (exact) mass is 404 g/mol. The van der Waals surface area contributed by atoms with Gasteiger partial charge in [-0.25, -0.2) is 4.39 Å². The van der Waals surface area contributed by atoms with Crippen molar-refractivity contribution in [2.75, 3.05) is 0 Å². The van der Waals surface area contributed by atoms with E-state index in [2.05, 4.69) is 31.9 Å². The molecule has 0 N–H and O–H groups in total. The van der Waals surface area contributed by atoms with Crippen LogP contribution in [-0.4, -0.2) is 5.78 Å². The quantitative estimate of drug-likeness (QED) is 0.621. The van der Waals surface area contributed by atoms with E-state index in [4.69, 9.17) is 11.6 Å². The van der Waals surface area contributed by atoms with Crippen LogP contribution in [0.3, 0.4) is 0 Å². The van der Waals surface area contributed by atoms with Gasteiger partial charge in [0.2, 0.25) is 0 Å². The predicted octanol–water partition coefficient (Wildman–Crippen LogP) is 5.43. The second-order valence-corrected chi connectivity index (χ2v) is 6.26. The Bertz CT molecular complexity index is 623. The number of carbonyl (C=O) groups is 1. The van der Waals surface area contributed by atoms with Crippen molar-refractivity contribution in [1.82, 2.24) is 0 Å². The van der Waals surface area contributed by atoms with Crippen LogP contribution in [0.2, 0.25) is 5.02 Å². The maximum absolute atomic E-state index is 13.6. The molecule has 0 saturated carbocycles. The van der Waals surface area contributed by atoms with Gasteiger partial charge in [0.05, 0.1) is 0 Å². The third kappa shape index (κ3) is 3.88. The third-order valence-corrected chi connectivity index (χ3v) is 3.71. The molecule has 0 spiro atoms. The van der Waals surface area contributed by atoms with E-state index in [9.17, 15) is 9.18 Å². The largest absolute Gasteiger partial charge is 0.294 e. The van der Waals surface area contributed by atoms with Crippen LogP contribution in [0.5, 0.6) is 0 Å². The SMILES string of the molecule is O=C(Cc1cc(Br)ccc1F)c1cc(Cl)cc(Br)c1. The molecule has 98 valence electrons. The highest BCUT2D eigenvalue weighted by molar-refractivity contribution is 9.10. The van der Waals surface area contributed by atoms with Crippen molar-refractivity contribution in [1.29, 1.82) is 0 Å². The molecule has 19 heavy (non-hydrogen) atoms. The summed E-state index contributed by atoms with van der Waals surface area (Å²) < 4.78 is 15.1. The molecule has 0 amide bonds. The molecule has 0 aliphatic rings. The van der Waals surface area contributed by atoms with Crippen LogP contribution < -0.4 is 0 Å². The molecule has 0 aliphatic carbocycles. The van der Waals surface area contributed by atoms with Gasteiger partial charge in [-0.3, -0.25) is 4.79 Å². The summed E-state index contributed by atoms with van der Waals surface area (Å²) in [5.74, 6) is -0.571. The van der Waals surface area contributed by atoms with E-state index in [0.717, 1.165) is 8.95 Å². The lowest BCUT2D eigenvalue weighted by molar-refractivity contribution is 0.0991. The first-order chi connectivity index (χ1) is 8.95. The number of hydrogen-bond donors (Lipinski definition) is 0. The van der Waals surface area contributed by atoms with Gasteiger partial charge in [0.25, 0.3) is 0 Å². The highest BCUT2D eigenvalue weighted by Gasteiger charge is 2.12. The van der Waals surface area contributed by atoms with Crippen molar-refractivity contribution in [3.05, 3.63) is 67.3 Å². The molecule has 2 aromatic carbocycles. The first-order valence-electron chi connectivity index (χ1n) is 5.39. The Hall–Kier alpha value is -0.710. The maximum atomic E-state index is 13.6. The van der Waals surface area contributed by atoms with Crippen molar-refractivity contribution in [2.45, 2.75) is 6.42 Å². The molecule has 0 unspecified atom stereocenters. The number of Topliss-reactive ketones (excluding diaryl/α,β-unsaturated/α-hetero) is 1. The molecular weight excluding hydrogens is 398 g/mol. The minimum atomic E-state index is -0.391. The Balaban J connectivity index is 2.28. The molecule has 0 radical (unpaired) electrons. The van der Waals surface area contributed by atoms with Crippen molar-refractivity contribution < 1.29 is 9.18 Å². The van der Waals surface area contributed by atoms with E-state index < -0.39 is 5.82 Å². The minimum absolute atomic E-state index is 0.00193. The average Bonchev–Trinajstić information content (AvgIpc) is 2.32. The lowest BCUT2D eigenvalue weighted by Crippen LogP contribution is -2.05. The minimum Gasteiger partial charge on any atom is -0.294 e. The zero-order valence-corrected chi connectivity index (χ0v) is 13.5. The smallest absolute Gasteiger partial charge is 0.167 e. The fourth-order valence-corrected chi connectivity index (χ4v) is 2.94. The van der Waals surface area contributed by atoms with E-state index in [1.165, 1.54) is 6.07 Å². The number of halogens is 4. The molecular formula is C14H8Br2ClFO. The second-order valence-electron chi connectivity index (χ2n) is 3.99. The van der Waals surface area contributed by atoms with Gasteiger partial charge in [-0.1, -0.05) is 43.5 Å². The molecule has 5 heteroatoms. The molecule has 1 nitrogen and oxygen atoms in total. The van der Waals surface area contributed by atoms with Gasteiger partial charge in [-0.2, -0.15) is 0 Å². The number of benzene rings is 2. The first kappa shape index (κ1) is 14.7. The zero-order valence-electron chi connectivity index (χ0n) is 9.59. The van der Waals surface area contributed by atoms with Crippen molar-refractivity contribution in [2.24, 2.45) is 0 Å². The maximum Gasteiger partial charge on any atom is 0.167 e. The van der Waals surface area contributed by atoms with Crippen LogP contribution in [0.4, 0.5) is 4.39 Å². The summed E-state index contributed by atoms with van der Waals surface area (Å²) >= 11 is 12.4. The molecule has 0 bridgehead atoms. The van der Waals surface area contributed by atoms with Crippen LogP contribution in [0.1, 0.15) is 15.9 Å². The van der Waals surface area contributed by atoms with Gasteiger partial charge in [0.1, 0.15) is 5.82 Å². The summed E-state index contributed by atoms with van der Waals surface area (Å²) in [6.07, 6.45) is -0.00193. The van der Waals surface area contributed by atoms with Crippen LogP contribution in [-0.2, 0) is 6.42 Å². The molecule has 0 atom stereocenters. The summed E-state index contributed by atoms with van der Waals surface area (Å²) in [6.45, 7) is 0. The van der Waals surface area contributed by atoms with E-state index in [1.54, 1.807) is 30.3 Å². The first-order valence-corrected chi connectivity index (χ1v) is 7.35. The summed E-state index contributed by atoms with van der Waals surface area (Å²) in [4.78, 5) is 12.1. The summed E-state index contributed by atoms with van der Waals surface area (Å²) in [6, 6.07) is 9.47. The van der Waals surface area contributed by atoms with Gasteiger partial charge in [0.15, 0.2) is 5.78 Å². The fraction of sp³-hybridized carbons (Fsp3) is 0.0714. The predicted molar refractivity (Wildman–Crippen MR) is 81.3 cm³/mol. The van der Waals surface area contributed by atoms with Crippen LogP contribution in [0.25, 0.3) is 0 Å². The van der Waals surface area contributed by atoms with Crippen molar-refractivity contribution in [3.8, 4) is 0 Å². The highest BCUT2D eigenvalue weighted by atomic mass is 79.9.